The highest BCUT2D eigenvalue weighted by Gasteiger charge is 2.34. The molecule has 1 saturated carbocycles. The van der Waals surface area contributed by atoms with Crippen molar-refractivity contribution in [1.29, 1.82) is 0 Å². The Balaban J connectivity index is 2.07. The van der Waals surface area contributed by atoms with E-state index in [1.54, 1.807) is 0 Å². The second-order valence-corrected chi connectivity index (χ2v) is 5.84. The molecule has 1 aliphatic rings. The summed E-state index contributed by atoms with van der Waals surface area (Å²) in [6.45, 7) is 2.99. The van der Waals surface area contributed by atoms with Gasteiger partial charge in [0.05, 0.1) is 6.61 Å². The Kier molecular flexibility index (Phi) is 5.76. The molecule has 21 heavy (non-hydrogen) atoms. The van der Waals surface area contributed by atoms with Crippen LogP contribution in [0.3, 0.4) is 0 Å². The monoisotopic (exact) mass is 291 g/mol. The Morgan fingerprint density at radius 3 is 2.57 bits per heavy atom. The number of carbonyl (C=O) groups is 1. The molecule has 1 aromatic rings. The molecule has 0 amide bonds. The molecule has 0 aliphatic heterocycles. The Labute approximate surface area is 126 Å². The summed E-state index contributed by atoms with van der Waals surface area (Å²) in [5.74, 6) is -0.255. The van der Waals surface area contributed by atoms with E-state index in [9.17, 15) is 9.90 Å². The first-order chi connectivity index (χ1) is 10.2. The predicted octanol–water partition coefficient (Wildman–Crippen LogP) is 2.43. The number of aliphatic hydroxyl groups excluding tert-OH is 1. The predicted molar refractivity (Wildman–Crippen MR) is 81.8 cm³/mol. The summed E-state index contributed by atoms with van der Waals surface area (Å²) in [6, 6.07) is 9.15. The van der Waals surface area contributed by atoms with E-state index in [1.165, 1.54) is 0 Å². The maximum absolute atomic E-state index is 12.2. The van der Waals surface area contributed by atoms with Gasteiger partial charge in [0.2, 0.25) is 0 Å². The second kappa shape index (κ2) is 7.57. The normalized spacial score (nSPS) is 18.4. The topological polar surface area (TPSA) is 58.6 Å². The summed E-state index contributed by atoms with van der Waals surface area (Å²) in [4.78, 5) is 12.2. The molecule has 116 valence electrons. The molecular formula is C17H25NO3. The number of ether oxygens (including phenoxy) is 1. The first kappa shape index (κ1) is 16.0. The molecule has 4 heteroatoms. The van der Waals surface area contributed by atoms with Gasteiger partial charge in [0, 0.05) is 18.6 Å². The van der Waals surface area contributed by atoms with Crippen molar-refractivity contribution in [3.05, 3.63) is 35.9 Å². The molecule has 0 heterocycles. The van der Waals surface area contributed by atoms with Crippen LogP contribution >= 0.6 is 0 Å². The van der Waals surface area contributed by atoms with Crippen LogP contribution in [-0.2, 0) is 9.53 Å². The van der Waals surface area contributed by atoms with Crippen molar-refractivity contribution in [2.24, 2.45) is 5.41 Å². The van der Waals surface area contributed by atoms with Crippen LogP contribution < -0.4 is 5.32 Å². The van der Waals surface area contributed by atoms with Crippen LogP contribution in [0.2, 0.25) is 0 Å². The van der Waals surface area contributed by atoms with Crippen LogP contribution in [0.4, 0.5) is 0 Å². The smallest absolute Gasteiger partial charge is 0.327 e. The second-order valence-electron chi connectivity index (χ2n) is 5.84. The zero-order valence-corrected chi connectivity index (χ0v) is 12.7. The van der Waals surface area contributed by atoms with Crippen LogP contribution in [0.5, 0.6) is 0 Å². The van der Waals surface area contributed by atoms with Gasteiger partial charge in [0.1, 0.15) is 6.04 Å². The van der Waals surface area contributed by atoms with E-state index in [2.05, 4.69) is 5.32 Å². The first-order valence-corrected chi connectivity index (χ1v) is 7.76. The van der Waals surface area contributed by atoms with E-state index in [0.717, 1.165) is 31.2 Å². The average Bonchev–Trinajstić information content (AvgIpc) is 2.98. The number of nitrogens with one attached hydrogen (secondary N) is 1. The lowest BCUT2D eigenvalue weighted by molar-refractivity contribution is -0.146. The molecule has 0 bridgehead atoms. The van der Waals surface area contributed by atoms with Gasteiger partial charge >= 0.3 is 5.97 Å². The van der Waals surface area contributed by atoms with Gasteiger partial charge in [-0.2, -0.15) is 0 Å². The zero-order valence-electron chi connectivity index (χ0n) is 12.7. The van der Waals surface area contributed by atoms with Gasteiger partial charge in [-0.25, -0.2) is 4.79 Å². The minimum absolute atomic E-state index is 0.0838. The van der Waals surface area contributed by atoms with Crippen LogP contribution in [0, 0.1) is 5.41 Å². The van der Waals surface area contributed by atoms with E-state index < -0.39 is 6.04 Å². The van der Waals surface area contributed by atoms with Crippen LogP contribution in [0.25, 0.3) is 0 Å². The third-order valence-electron chi connectivity index (χ3n) is 4.34. The van der Waals surface area contributed by atoms with Crippen molar-refractivity contribution >= 4 is 5.97 Å². The maximum atomic E-state index is 12.2. The number of hydrogen-bond acceptors (Lipinski definition) is 4. The molecule has 1 unspecified atom stereocenters. The highest BCUT2D eigenvalue weighted by atomic mass is 16.5. The molecule has 0 aromatic heterocycles. The molecule has 1 fully saturated rings. The Morgan fingerprint density at radius 1 is 1.33 bits per heavy atom. The summed E-state index contributed by atoms with van der Waals surface area (Å²) < 4.78 is 5.18. The van der Waals surface area contributed by atoms with E-state index in [4.69, 9.17) is 4.74 Å². The molecule has 2 N–H and O–H groups in total. The summed E-state index contributed by atoms with van der Waals surface area (Å²) >= 11 is 0. The Hall–Kier alpha value is -1.39. The van der Waals surface area contributed by atoms with Gasteiger partial charge in [-0.3, -0.25) is 0 Å². The molecule has 4 nitrogen and oxygen atoms in total. The number of aliphatic hydroxyl groups is 1. The zero-order chi connectivity index (χ0) is 15.1. The van der Waals surface area contributed by atoms with Crippen molar-refractivity contribution in [2.75, 3.05) is 19.8 Å². The largest absolute Gasteiger partial charge is 0.465 e. The standard InChI is InChI=1S/C17H25NO3/c1-2-21-16(20)15(14-8-4-3-5-9-14)18-12-17(13-19)10-6-7-11-17/h3-5,8-9,15,18-19H,2,6-7,10-13H2,1H3. The molecule has 0 radical (unpaired) electrons. The number of hydrogen-bond donors (Lipinski definition) is 2. The van der Waals surface area contributed by atoms with E-state index in [0.29, 0.717) is 13.2 Å². The molecular weight excluding hydrogens is 266 g/mol. The molecule has 2 rings (SSSR count). The van der Waals surface area contributed by atoms with Crippen molar-refractivity contribution in [3.8, 4) is 0 Å². The highest BCUT2D eigenvalue weighted by Crippen LogP contribution is 2.37. The van der Waals surface area contributed by atoms with Gasteiger partial charge in [-0.15, -0.1) is 0 Å². The SMILES string of the molecule is CCOC(=O)C(NCC1(CO)CCCC1)c1ccccc1. The number of benzene rings is 1. The summed E-state index contributed by atoms with van der Waals surface area (Å²) in [5, 5.41) is 13.0. The van der Waals surface area contributed by atoms with Gasteiger partial charge < -0.3 is 15.2 Å². The molecule has 1 aromatic carbocycles. The lowest BCUT2D eigenvalue weighted by atomic mass is 9.86. The Morgan fingerprint density at radius 2 is 2.00 bits per heavy atom. The van der Waals surface area contributed by atoms with Crippen LogP contribution in [-0.4, -0.2) is 30.8 Å². The minimum Gasteiger partial charge on any atom is -0.465 e. The molecule has 0 saturated heterocycles. The third kappa shape index (κ3) is 4.05. The van der Waals surface area contributed by atoms with Crippen molar-refractivity contribution in [3.63, 3.8) is 0 Å². The lowest BCUT2D eigenvalue weighted by Gasteiger charge is -2.29. The molecule has 1 atom stereocenters. The lowest BCUT2D eigenvalue weighted by Crippen LogP contribution is -2.40. The Bertz CT molecular complexity index is 441. The number of esters is 1. The average molecular weight is 291 g/mol. The summed E-state index contributed by atoms with van der Waals surface area (Å²) in [5.41, 5.74) is 0.821. The van der Waals surface area contributed by atoms with Gasteiger partial charge in [0.25, 0.3) is 0 Å². The fraction of sp³-hybridized carbons (Fsp3) is 0.588. The molecule has 1 aliphatic carbocycles. The molecule has 0 spiro atoms. The van der Waals surface area contributed by atoms with E-state index in [1.807, 2.05) is 37.3 Å². The quantitative estimate of drug-likeness (QED) is 0.758. The summed E-state index contributed by atoms with van der Waals surface area (Å²) in [6.07, 6.45) is 4.33. The van der Waals surface area contributed by atoms with Crippen molar-refractivity contribution < 1.29 is 14.6 Å². The first-order valence-electron chi connectivity index (χ1n) is 7.76. The minimum atomic E-state index is -0.463. The van der Waals surface area contributed by atoms with E-state index >= 15 is 0 Å². The van der Waals surface area contributed by atoms with Gasteiger partial charge in [-0.05, 0) is 25.3 Å². The van der Waals surface area contributed by atoms with Crippen molar-refractivity contribution in [2.45, 2.75) is 38.6 Å². The number of carbonyl (C=O) groups excluding carboxylic acids is 1. The fourth-order valence-corrected chi connectivity index (χ4v) is 3.04. The third-order valence-corrected chi connectivity index (χ3v) is 4.34. The van der Waals surface area contributed by atoms with Crippen LogP contribution in [0.15, 0.2) is 30.3 Å². The number of rotatable bonds is 7. The van der Waals surface area contributed by atoms with Gasteiger partial charge in [-0.1, -0.05) is 43.2 Å². The highest BCUT2D eigenvalue weighted by molar-refractivity contribution is 5.77. The van der Waals surface area contributed by atoms with E-state index in [-0.39, 0.29) is 18.0 Å². The summed E-state index contributed by atoms with van der Waals surface area (Å²) in [7, 11) is 0. The van der Waals surface area contributed by atoms with Gasteiger partial charge in [0.15, 0.2) is 0 Å². The fourth-order valence-electron chi connectivity index (χ4n) is 3.04. The van der Waals surface area contributed by atoms with Crippen LogP contribution in [0.1, 0.15) is 44.2 Å². The maximum Gasteiger partial charge on any atom is 0.327 e. The van der Waals surface area contributed by atoms with Crippen molar-refractivity contribution in [1.82, 2.24) is 5.32 Å².